The van der Waals surface area contributed by atoms with Crippen LogP contribution in [0.15, 0.2) is 49.1 Å². The normalized spacial score (nSPS) is 16.2. The summed E-state index contributed by atoms with van der Waals surface area (Å²) in [7, 11) is 0. The molecule has 4 heterocycles. The lowest BCUT2D eigenvalue weighted by molar-refractivity contribution is 0.454. The Kier molecular flexibility index (Phi) is 3.13. The number of nitrogens with one attached hydrogen (secondary N) is 2. The van der Waals surface area contributed by atoms with E-state index in [1.54, 1.807) is 0 Å². The Labute approximate surface area is 139 Å². The number of hydrogen-bond acceptors (Lipinski definition) is 3. The van der Waals surface area contributed by atoms with Crippen LogP contribution in [0.2, 0.25) is 0 Å². The van der Waals surface area contributed by atoms with E-state index in [0.29, 0.717) is 5.92 Å². The van der Waals surface area contributed by atoms with E-state index in [1.165, 1.54) is 11.1 Å². The van der Waals surface area contributed by atoms with E-state index in [0.717, 1.165) is 48.2 Å². The third-order valence-electron chi connectivity index (χ3n) is 5.02. The van der Waals surface area contributed by atoms with Crippen LogP contribution in [0.25, 0.3) is 27.6 Å². The molecule has 5 nitrogen and oxygen atoms in total. The molecule has 0 amide bonds. The van der Waals surface area contributed by atoms with Crippen molar-refractivity contribution in [1.82, 2.24) is 24.8 Å². The van der Waals surface area contributed by atoms with Gasteiger partial charge in [0.25, 0.3) is 0 Å². The van der Waals surface area contributed by atoms with E-state index in [9.17, 15) is 0 Å². The van der Waals surface area contributed by atoms with Gasteiger partial charge in [0.1, 0.15) is 5.65 Å². The maximum Gasteiger partial charge on any atom is 0.140 e. The first-order chi connectivity index (χ1) is 11.9. The molecule has 0 radical (unpaired) electrons. The van der Waals surface area contributed by atoms with E-state index in [-0.39, 0.29) is 0 Å². The second kappa shape index (κ2) is 5.46. The molecular formula is C19H19N5. The van der Waals surface area contributed by atoms with Crippen molar-refractivity contribution in [3.63, 3.8) is 0 Å². The lowest BCUT2D eigenvalue weighted by atomic mass is 9.95. The van der Waals surface area contributed by atoms with E-state index in [1.807, 2.05) is 18.6 Å². The summed E-state index contributed by atoms with van der Waals surface area (Å²) in [5, 5.41) is 5.77. The summed E-state index contributed by atoms with van der Waals surface area (Å²) in [6, 6.07) is 10.4. The minimum atomic E-state index is 0.563. The SMILES string of the molecule is c1ccc2c(c1)[nH]c1nccc(-n3cnc(C4CCNCC4)c3)c12. The second-order valence-electron chi connectivity index (χ2n) is 6.45. The number of aromatic amines is 1. The van der Waals surface area contributed by atoms with Gasteiger partial charge in [0.15, 0.2) is 0 Å². The number of benzene rings is 1. The summed E-state index contributed by atoms with van der Waals surface area (Å²) in [5.41, 5.74) is 4.36. The Morgan fingerprint density at radius 2 is 1.92 bits per heavy atom. The summed E-state index contributed by atoms with van der Waals surface area (Å²) in [6.07, 6.45) is 8.31. The van der Waals surface area contributed by atoms with Crippen molar-refractivity contribution in [2.75, 3.05) is 13.1 Å². The molecule has 3 aromatic heterocycles. The molecule has 1 saturated heterocycles. The van der Waals surface area contributed by atoms with Crippen molar-refractivity contribution in [1.29, 1.82) is 0 Å². The van der Waals surface area contributed by atoms with E-state index in [4.69, 9.17) is 4.98 Å². The van der Waals surface area contributed by atoms with Crippen molar-refractivity contribution in [3.05, 3.63) is 54.7 Å². The molecule has 0 bridgehead atoms. The quantitative estimate of drug-likeness (QED) is 0.596. The highest BCUT2D eigenvalue weighted by Crippen LogP contribution is 2.30. The van der Waals surface area contributed by atoms with Gasteiger partial charge in [-0.3, -0.25) is 0 Å². The molecule has 1 fully saturated rings. The van der Waals surface area contributed by atoms with Crippen LogP contribution < -0.4 is 5.32 Å². The highest BCUT2D eigenvalue weighted by atomic mass is 15.1. The predicted molar refractivity (Wildman–Crippen MR) is 95.6 cm³/mol. The first-order valence-electron chi connectivity index (χ1n) is 8.50. The Hall–Kier alpha value is -2.66. The predicted octanol–water partition coefficient (Wildman–Crippen LogP) is 3.37. The number of aromatic nitrogens is 4. The second-order valence-corrected chi connectivity index (χ2v) is 6.45. The van der Waals surface area contributed by atoms with Gasteiger partial charge in [0.2, 0.25) is 0 Å². The maximum absolute atomic E-state index is 4.69. The number of fused-ring (bicyclic) bond motifs is 3. The van der Waals surface area contributed by atoms with Gasteiger partial charge in [-0.2, -0.15) is 0 Å². The third-order valence-corrected chi connectivity index (χ3v) is 5.02. The summed E-state index contributed by atoms with van der Waals surface area (Å²) >= 11 is 0. The van der Waals surface area contributed by atoms with Gasteiger partial charge in [-0.05, 0) is 38.1 Å². The fourth-order valence-corrected chi connectivity index (χ4v) is 3.76. The third kappa shape index (κ3) is 2.12. The molecule has 1 aliphatic rings. The van der Waals surface area contributed by atoms with Crippen molar-refractivity contribution >= 4 is 21.9 Å². The number of H-pyrrole nitrogens is 1. The summed E-state index contributed by atoms with van der Waals surface area (Å²) in [5.74, 6) is 0.563. The van der Waals surface area contributed by atoms with Crippen molar-refractivity contribution < 1.29 is 0 Å². The molecule has 0 unspecified atom stereocenters. The van der Waals surface area contributed by atoms with Crippen LogP contribution in [0.5, 0.6) is 0 Å². The zero-order valence-electron chi connectivity index (χ0n) is 13.4. The van der Waals surface area contributed by atoms with Gasteiger partial charge < -0.3 is 14.9 Å². The molecule has 0 aliphatic carbocycles. The van der Waals surface area contributed by atoms with Gasteiger partial charge in [-0.15, -0.1) is 0 Å². The Bertz CT molecular complexity index is 1010. The smallest absolute Gasteiger partial charge is 0.140 e. The van der Waals surface area contributed by atoms with Gasteiger partial charge in [0.05, 0.1) is 23.1 Å². The molecule has 120 valence electrons. The molecule has 0 spiro atoms. The summed E-state index contributed by atoms with van der Waals surface area (Å²) in [6.45, 7) is 2.17. The van der Waals surface area contributed by atoms with Gasteiger partial charge in [-0.1, -0.05) is 18.2 Å². The zero-order valence-corrected chi connectivity index (χ0v) is 13.4. The number of imidazole rings is 1. The number of para-hydroxylation sites is 1. The van der Waals surface area contributed by atoms with Crippen LogP contribution >= 0.6 is 0 Å². The van der Waals surface area contributed by atoms with E-state index < -0.39 is 0 Å². The summed E-state index contributed by atoms with van der Waals surface area (Å²) in [4.78, 5) is 12.6. The molecule has 1 aromatic carbocycles. The minimum absolute atomic E-state index is 0.563. The molecule has 5 rings (SSSR count). The van der Waals surface area contributed by atoms with Crippen LogP contribution in [0, 0.1) is 0 Å². The molecule has 1 aliphatic heterocycles. The van der Waals surface area contributed by atoms with Gasteiger partial charge in [0, 0.05) is 29.2 Å². The maximum atomic E-state index is 4.69. The Morgan fingerprint density at radius 1 is 1.04 bits per heavy atom. The average Bonchev–Trinajstić information content (AvgIpc) is 3.27. The van der Waals surface area contributed by atoms with Crippen LogP contribution in [0.1, 0.15) is 24.5 Å². The fourth-order valence-electron chi connectivity index (χ4n) is 3.76. The number of nitrogens with zero attached hydrogens (tertiary/aromatic N) is 3. The highest BCUT2D eigenvalue weighted by Gasteiger charge is 2.18. The van der Waals surface area contributed by atoms with Crippen molar-refractivity contribution in [2.24, 2.45) is 0 Å². The van der Waals surface area contributed by atoms with Crippen molar-refractivity contribution in [2.45, 2.75) is 18.8 Å². The lowest BCUT2D eigenvalue weighted by Gasteiger charge is -2.20. The standard InChI is InChI=1S/C19H19N5/c1-2-4-15-14(3-1)18-17(7-10-21-19(18)23-15)24-11-16(22-12-24)13-5-8-20-9-6-13/h1-4,7,10-13,20H,5-6,8-9H2,(H,21,23). The molecular weight excluding hydrogens is 298 g/mol. The van der Waals surface area contributed by atoms with Crippen molar-refractivity contribution in [3.8, 4) is 5.69 Å². The fraction of sp³-hybridized carbons (Fsp3) is 0.263. The molecule has 5 heteroatoms. The minimum Gasteiger partial charge on any atom is -0.339 e. The number of piperidine rings is 1. The first kappa shape index (κ1) is 13.7. The van der Waals surface area contributed by atoms with Crippen LogP contribution in [0.4, 0.5) is 0 Å². The van der Waals surface area contributed by atoms with Crippen LogP contribution in [-0.4, -0.2) is 32.6 Å². The first-order valence-corrected chi connectivity index (χ1v) is 8.50. The lowest BCUT2D eigenvalue weighted by Crippen LogP contribution is -2.26. The molecule has 24 heavy (non-hydrogen) atoms. The molecule has 0 saturated carbocycles. The number of rotatable bonds is 2. The zero-order chi connectivity index (χ0) is 15.9. The largest absolute Gasteiger partial charge is 0.339 e. The highest BCUT2D eigenvalue weighted by molar-refractivity contribution is 6.09. The molecule has 0 atom stereocenters. The monoisotopic (exact) mass is 317 g/mol. The molecule has 4 aromatic rings. The Balaban J connectivity index is 1.65. The molecule has 2 N–H and O–H groups in total. The van der Waals surface area contributed by atoms with E-state index >= 15 is 0 Å². The van der Waals surface area contributed by atoms with E-state index in [2.05, 4.69) is 50.3 Å². The van der Waals surface area contributed by atoms with Gasteiger partial charge in [-0.25, -0.2) is 9.97 Å². The van der Waals surface area contributed by atoms with Crippen LogP contribution in [-0.2, 0) is 0 Å². The number of hydrogen-bond donors (Lipinski definition) is 2. The summed E-state index contributed by atoms with van der Waals surface area (Å²) < 4.78 is 2.14. The Morgan fingerprint density at radius 3 is 2.83 bits per heavy atom. The number of pyridine rings is 1. The van der Waals surface area contributed by atoms with Crippen LogP contribution in [0.3, 0.4) is 0 Å². The van der Waals surface area contributed by atoms with Gasteiger partial charge >= 0.3 is 0 Å². The topological polar surface area (TPSA) is 58.5 Å². The average molecular weight is 317 g/mol.